The number of hydrogen-bond acceptors (Lipinski definition) is 5. The summed E-state index contributed by atoms with van der Waals surface area (Å²) in [5.74, 6) is 0. The van der Waals surface area contributed by atoms with Gasteiger partial charge in [-0.1, -0.05) is 0 Å². The second kappa shape index (κ2) is 6.49. The summed E-state index contributed by atoms with van der Waals surface area (Å²) >= 11 is 0. The number of rotatable bonds is 4. The molecule has 0 bridgehead atoms. The molecule has 2 aromatic heterocycles. The third-order valence-electron chi connectivity index (χ3n) is 3.81. The van der Waals surface area contributed by atoms with E-state index in [4.69, 9.17) is 0 Å². The van der Waals surface area contributed by atoms with Gasteiger partial charge in [0.15, 0.2) is 0 Å². The SMILES string of the molecule is O=c1cccnn1CCN1CCN(c2ccncc2)CC1. The minimum atomic E-state index is -0.0343. The molecule has 0 saturated carbocycles. The summed E-state index contributed by atoms with van der Waals surface area (Å²) in [5, 5.41) is 4.09. The van der Waals surface area contributed by atoms with Gasteiger partial charge in [-0.25, -0.2) is 4.68 Å². The summed E-state index contributed by atoms with van der Waals surface area (Å²) < 4.78 is 1.52. The van der Waals surface area contributed by atoms with Crippen LogP contribution in [-0.4, -0.2) is 52.4 Å². The molecule has 0 radical (unpaired) electrons. The van der Waals surface area contributed by atoms with E-state index in [9.17, 15) is 4.79 Å². The lowest BCUT2D eigenvalue weighted by Gasteiger charge is -2.36. The van der Waals surface area contributed by atoms with E-state index in [1.807, 2.05) is 24.5 Å². The summed E-state index contributed by atoms with van der Waals surface area (Å²) in [5.41, 5.74) is 1.19. The summed E-state index contributed by atoms with van der Waals surface area (Å²) in [7, 11) is 0. The third-order valence-corrected chi connectivity index (χ3v) is 3.81. The lowest BCUT2D eigenvalue weighted by molar-refractivity contribution is 0.242. The van der Waals surface area contributed by atoms with E-state index >= 15 is 0 Å². The van der Waals surface area contributed by atoms with Crippen molar-refractivity contribution < 1.29 is 0 Å². The van der Waals surface area contributed by atoms with Crippen molar-refractivity contribution >= 4 is 5.69 Å². The summed E-state index contributed by atoms with van der Waals surface area (Å²) in [6.45, 7) is 5.52. The molecule has 21 heavy (non-hydrogen) atoms. The molecule has 1 aliphatic heterocycles. The normalized spacial score (nSPS) is 16.1. The second-order valence-electron chi connectivity index (χ2n) is 5.12. The first kappa shape index (κ1) is 13.8. The smallest absolute Gasteiger partial charge is 0.266 e. The zero-order valence-electron chi connectivity index (χ0n) is 11.9. The molecule has 6 nitrogen and oxygen atoms in total. The first-order valence-corrected chi connectivity index (χ1v) is 7.22. The number of hydrogen-bond donors (Lipinski definition) is 0. The summed E-state index contributed by atoms with van der Waals surface area (Å²) in [4.78, 5) is 20.4. The Bertz CT molecular complexity index is 619. The number of anilines is 1. The highest BCUT2D eigenvalue weighted by atomic mass is 16.1. The molecule has 1 aliphatic rings. The second-order valence-corrected chi connectivity index (χ2v) is 5.12. The van der Waals surface area contributed by atoms with Crippen LogP contribution in [0.15, 0.2) is 47.7 Å². The molecule has 0 spiro atoms. The fraction of sp³-hybridized carbons (Fsp3) is 0.400. The standard InChI is InChI=1S/C15H19N5O/c21-15-2-1-5-17-20(15)13-10-18-8-11-19(12-9-18)14-3-6-16-7-4-14/h1-7H,8-13H2. The molecule has 0 N–H and O–H groups in total. The van der Waals surface area contributed by atoms with E-state index in [1.165, 1.54) is 10.4 Å². The highest BCUT2D eigenvalue weighted by Gasteiger charge is 2.16. The van der Waals surface area contributed by atoms with E-state index in [2.05, 4.69) is 19.9 Å². The lowest BCUT2D eigenvalue weighted by Crippen LogP contribution is -2.47. The van der Waals surface area contributed by atoms with Crippen molar-refractivity contribution in [3.8, 4) is 0 Å². The molecule has 0 aliphatic carbocycles. The molecule has 3 rings (SSSR count). The van der Waals surface area contributed by atoms with Gasteiger partial charge in [-0.3, -0.25) is 14.7 Å². The predicted molar refractivity (Wildman–Crippen MR) is 81.4 cm³/mol. The number of aromatic nitrogens is 3. The van der Waals surface area contributed by atoms with Crippen molar-refractivity contribution in [2.24, 2.45) is 0 Å². The molecule has 0 amide bonds. The molecule has 0 atom stereocenters. The van der Waals surface area contributed by atoms with Gasteiger partial charge in [0.2, 0.25) is 0 Å². The predicted octanol–water partition coefficient (Wildman–Crippen LogP) is 0.460. The van der Waals surface area contributed by atoms with E-state index in [1.54, 1.807) is 18.3 Å². The van der Waals surface area contributed by atoms with E-state index < -0.39 is 0 Å². The van der Waals surface area contributed by atoms with Crippen LogP contribution in [0.25, 0.3) is 0 Å². The van der Waals surface area contributed by atoms with Crippen LogP contribution in [0.1, 0.15) is 0 Å². The van der Waals surface area contributed by atoms with Crippen LogP contribution in [0.5, 0.6) is 0 Å². The van der Waals surface area contributed by atoms with Gasteiger partial charge in [0.25, 0.3) is 5.56 Å². The summed E-state index contributed by atoms with van der Waals surface area (Å²) in [6, 6.07) is 7.31. The molecule has 1 fully saturated rings. The minimum Gasteiger partial charge on any atom is -0.369 e. The van der Waals surface area contributed by atoms with Crippen molar-refractivity contribution in [1.29, 1.82) is 0 Å². The first-order chi connectivity index (χ1) is 10.3. The Balaban J connectivity index is 1.50. The average molecular weight is 285 g/mol. The van der Waals surface area contributed by atoms with Crippen molar-refractivity contribution in [3.63, 3.8) is 0 Å². The highest BCUT2D eigenvalue weighted by molar-refractivity contribution is 5.44. The maximum atomic E-state index is 11.6. The molecule has 0 aromatic carbocycles. The van der Waals surface area contributed by atoms with Gasteiger partial charge in [0.1, 0.15) is 0 Å². The molecule has 2 aromatic rings. The largest absolute Gasteiger partial charge is 0.369 e. The van der Waals surface area contributed by atoms with Crippen LogP contribution in [0.4, 0.5) is 5.69 Å². The molecule has 110 valence electrons. The van der Waals surface area contributed by atoms with Crippen LogP contribution in [0.2, 0.25) is 0 Å². The highest BCUT2D eigenvalue weighted by Crippen LogP contribution is 2.14. The van der Waals surface area contributed by atoms with Crippen LogP contribution >= 0.6 is 0 Å². The van der Waals surface area contributed by atoms with Gasteiger partial charge in [0.05, 0.1) is 6.54 Å². The Morgan fingerprint density at radius 2 is 1.71 bits per heavy atom. The maximum absolute atomic E-state index is 11.6. The monoisotopic (exact) mass is 285 g/mol. The van der Waals surface area contributed by atoms with Gasteiger partial charge in [-0.2, -0.15) is 5.10 Å². The Labute approximate surface area is 123 Å². The van der Waals surface area contributed by atoms with E-state index in [0.717, 1.165) is 32.7 Å². The van der Waals surface area contributed by atoms with E-state index in [0.29, 0.717) is 6.54 Å². The number of pyridine rings is 1. The number of nitrogens with zero attached hydrogens (tertiary/aromatic N) is 5. The first-order valence-electron chi connectivity index (χ1n) is 7.22. The van der Waals surface area contributed by atoms with Gasteiger partial charge >= 0.3 is 0 Å². The van der Waals surface area contributed by atoms with Crippen LogP contribution < -0.4 is 10.5 Å². The Morgan fingerprint density at radius 1 is 0.952 bits per heavy atom. The van der Waals surface area contributed by atoms with Crippen molar-refractivity contribution in [2.75, 3.05) is 37.6 Å². The van der Waals surface area contributed by atoms with Crippen molar-refractivity contribution in [3.05, 3.63) is 53.2 Å². The van der Waals surface area contributed by atoms with E-state index in [-0.39, 0.29) is 5.56 Å². The lowest BCUT2D eigenvalue weighted by atomic mass is 10.2. The van der Waals surface area contributed by atoms with Crippen LogP contribution in [0.3, 0.4) is 0 Å². The van der Waals surface area contributed by atoms with Crippen molar-refractivity contribution in [1.82, 2.24) is 19.7 Å². The number of piperazine rings is 1. The van der Waals surface area contributed by atoms with Gasteiger partial charge < -0.3 is 4.90 Å². The fourth-order valence-electron chi connectivity index (χ4n) is 2.58. The molecular formula is C15H19N5O. The average Bonchev–Trinajstić information content (AvgIpc) is 2.55. The molecule has 1 saturated heterocycles. The maximum Gasteiger partial charge on any atom is 0.266 e. The molecule has 6 heteroatoms. The van der Waals surface area contributed by atoms with Gasteiger partial charge in [-0.05, 0) is 18.2 Å². The van der Waals surface area contributed by atoms with Gasteiger partial charge in [-0.15, -0.1) is 0 Å². The Kier molecular flexibility index (Phi) is 4.25. The van der Waals surface area contributed by atoms with Crippen LogP contribution in [-0.2, 0) is 6.54 Å². The zero-order valence-corrected chi connectivity index (χ0v) is 11.9. The third kappa shape index (κ3) is 3.46. The fourth-order valence-corrected chi connectivity index (χ4v) is 2.58. The van der Waals surface area contributed by atoms with Gasteiger partial charge in [0, 0.05) is 63.1 Å². The minimum absolute atomic E-state index is 0.0343. The Hall–Kier alpha value is -2.21. The summed E-state index contributed by atoms with van der Waals surface area (Å²) in [6.07, 6.45) is 5.31. The molecular weight excluding hydrogens is 266 g/mol. The zero-order chi connectivity index (χ0) is 14.5. The van der Waals surface area contributed by atoms with Crippen molar-refractivity contribution in [2.45, 2.75) is 6.54 Å². The quantitative estimate of drug-likeness (QED) is 0.817. The Morgan fingerprint density at radius 3 is 2.43 bits per heavy atom. The van der Waals surface area contributed by atoms with Crippen LogP contribution in [0, 0.1) is 0 Å². The molecule has 0 unspecified atom stereocenters. The topological polar surface area (TPSA) is 54.3 Å². The molecule has 3 heterocycles.